The van der Waals surface area contributed by atoms with Crippen LogP contribution in [0.3, 0.4) is 0 Å². The Kier molecular flexibility index (Phi) is 22.8. The second-order valence-electron chi connectivity index (χ2n) is 2.97. The van der Waals surface area contributed by atoms with Crippen LogP contribution in [-0.4, -0.2) is 79.3 Å². The Labute approximate surface area is 100 Å². The van der Waals surface area contributed by atoms with Crippen LogP contribution in [0.15, 0.2) is 0 Å². The Hall–Kier alpha value is 1.04. The van der Waals surface area contributed by atoms with Crippen LogP contribution in [0.2, 0.25) is 0 Å². The molecule has 0 radical (unpaired) electrons. The maximum absolute atomic E-state index is 9.00. The Morgan fingerprint density at radius 1 is 1.18 bits per heavy atom. The molecule has 0 aliphatic heterocycles. The van der Waals surface area contributed by atoms with Crippen molar-refractivity contribution in [1.29, 1.82) is 0 Å². The molecule has 0 aromatic heterocycles. The first-order chi connectivity index (χ1) is 3.73. The summed E-state index contributed by atoms with van der Waals surface area (Å²) < 4.78 is 0. The Balaban J connectivity index is -0.0000000383. The van der Waals surface area contributed by atoms with Gasteiger partial charge in [0.25, 0.3) is 5.97 Å². The van der Waals surface area contributed by atoms with Gasteiger partial charge in [0.2, 0.25) is 0 Å². The van der Waals surface area contributed by atoms with Crippen molar-refractivity contribution in [2.75, 3.05) is 25.0 Å². The van der Waals surface area contributed by atoms with E-state index in [-0.39, 0.29) is 53.2 Å². The van der Waals surface area contributed by atoms with Crippen molar-refractivity contribution < 1.29 is 15.4 Å². The van der Waals surface area contributed by atoms with E-state index in [1.54, 1.807) is 0 Å². The first-order valence-corrected chi connectivity index (χ1v) is 5.83. The van der Waals surface area contributed by atoms with E-state index in [1.165, 1.54) is 0 Å². The topological polar surface area (TPSA) is 68.8 Å². The molecule has 0 aliphatic rings. The maximum atomic E-state index is 9.00. The van der Waals surface area contributed by atoms with Gasteiger partial charge in [-0.2, -0.15) is 0 Å². The minimum atomic E-state index is -0.833. The summed E-state index contributed by atoms with van der Waals surface area (Å²) in [5.74, 6) is -0.833. The molecule has 0 rings (SSSR count). The molecule has 70 valence electrons. The van der Waals surface area contributed by atoms with Crippen molar-refractivity contribution in [2.24, 2.45) is 0 Å². The van der Waals surface area contributed by atoms with Crippen LogP contribution in [0.25, 0.3) is 0 Å². The van der Waals surface area contributed by atoms with Crippen LogP contribution in [0, 0.1) is 0 Å². The molecular formula is C6H20CaO3S. The normalized spacial score (nSPS) is 9.18. The number of hydrogen-bond acceptors (Lipinski definition) is 1. The van der Waals surface area contributed by atoms with E-state index < -0.39 is 5.97 Å². The number of hydrogen-bond donors (Lipinski definition) is 1. The van der Waals surface area contributed by atoms with Crippen LogP contribution in [0.5, 0.6) is 0 Å². The van der Waals surface area contributed by atoms with Crippen LogP contribution in [0.1, 0.15) is 6.92 Å². The van der Waals surface area contributed by atoms with Gasteiger partial charge in [-0.25, -0.2) is 0 Å². The van der Waals surface area contributed by atoms with Crippen LogP contribution in [0.4, 0.5) is 0 Å². The molecule has 0 amide bonds. The molecular weight excluding hydrogens is 192 g/mol. The second-order valence-corrected chi connectivity index (χ2v) is 7.87. The third kappa shape index (κ3) is 834. The molecule has 0 bridgehead atoms. The van der Waals surface area contributed by atoms with E-state index in [4.69, 9.17) is 9.90 Å². The van der Waals surface area contributed by atoms with Crippen LogP contribution in [-0.2, 0) is 4.79 Å². The fourth-order valence-corrected chi connectivity index (χ4v) is 0. The van der Waals surface area contributed by atoms with Crippen molar-refractivity contribution in [2.45, 2.75) is 6.92 Å². The monoisotopic (exact) mass is 212 g/mol. The summed E-state index contributed by atoms with van der Waals surface area (Å²) in [7, 11) is -0.167. The average Bonchev–Trinajstić information content (AvgIpc) is 1.19. The Morgan fingerprint density at radius 2 is 1.18 bits per heavy atom. The molecule has 0 aliphatic carbocycles. The quantitative estimate of drug-likeness (QED) is 0.558. The van der Waals surface area contributed by atoms with Crippen molar-refractivity contribution in [1.82, 2.24) is 0 Å². The van der Waals surface area contributed by atoms with Gasteiger partial charge in [-0.1, -0.05) is 0 Å². The standard InChI is InChI=1S/C4H12S.C2H4O2.Ca.H2O.2H/c1-5(2,3)4;1-2(3)4;;;;/h1-4H3;1H3,(H,3,4);;1H2;;. The third-order valence-corrected chi connectivity index (χ3v) is 0. The Morgan fingerprint density at radius 3 is 1.18 bits per heavy atom. The van der Waals surface area contributed by atoms with E-state index in [2.05, 4.69) is 25.0 Å². The first kappa shape index (κ1) is 22.7. The summed E-state index contributed by atoms with van der Waals surface area (Å²) in [6.45, 7) is 1.08. The molecule has 0 aromatic carbocycles. The predicted octanol–water partition coefficient (Wildman–Crippen LogP) is -0.340. The van der Waals surface area contributed by atoms with Gasteiger partial charge < -0.3 is 10.6 Å². The molecule has 0 saturated carbocycles. The number of carbonyl (C=O) groups is 1. The molecule has 0 spiro atoms. The summed E-state index contributed by atoms with van der Waals surface area (Å²) in [4.78, 5) is 9.00. The second kappa shape index (κ2) is 11.0. The predicted molar refractivity (Wildman–Crippen MR) is 56.8 cm³/mol. The van der Waals surface area contributed by atoms with Crippen molar-refractivity contribution in [3.63, 3.8) is 0 Å². The summed E-state index contributed by atoms with van der Waals surface area (Å²) in [5.41, 5.74) is 0. The fourth-order valence-electron chi connectivity index (χ4n) is 0. The van der Waals surface area contributed by atoms with Gasteiger partial charge >= 0.3 is 37.7 Å². The third-order valence-electron chi connectivity index (χ3n) is 0. The molecule has 5 heteroatoms. The zero-order valence-corrected chi connectivity index (χ0v) is 8.08. The summed E-state index contributed by atoms with van der Waals surface area (Å²) >= 11 is 0. The van der Waals surface area contributed by atoms with Gasteiger partial charge in [0, 0.05) is 6.92 Å². The van der Waals surface area contributed by atoms with E-state index in [9.17, 15) is 0 Å². The van der Waals surface area contributed by atoms with Gasteiger partial charge in [-0.15, -0.1) is 0 Å². The van der Waals surface area contributed by atoms with Crippen molar-refractivity contribution in [3.8, 4) is 0 Å². The van der Waals surface area contributed by atoms with E-state index in [1.807, 2.05) is 0 Å². The van der Waals surface area contributed by atoms with Crippen molar-refractivity contribution >= 4 is 53.7 Å². The molecule has 0 heterocycles. The molecule has 3 N–H and O–H groups in total. The summed E-state index contributed by atoms with van der Waals surface area (Å²) in [6.07, 6.45) is 9.08. The van der Waals surface area contributed by atoms with Gasteiger partial charge in [0.05, 0.1) is 0 Å². The van der Waals surface area contributed by atoms with Crippen LogP contribution < -0.4 is 0 Å². The first-order valence-electron chi connectivity index (χ1n) is 2.56. The zero-order valence-electron chi connectivity index (χ0n) is 7.26. The van der Waals surface area contributed by atoms with Gasteiger partial charge in [-0.05, 0) is 25.0 Å². The van der Waals surface area contributed by atoms with Gasteiger partial charge in [0.15, 0.2) is 0 Å². The SMILES string of the molecule is CC(=O)O.CS(C)(C)C.O.[CaH2]. The number of carboxylic acids is 1. The van der Waals surface area contributed by atoms with E-state index in [0.29, 0.717) is 0 Å². The fraction of sp³-hybridized carbons (Fsp3) is 0.833. The van der Waals surface area contributed by atoms with Crippen LogP contribution >= 0.6 is 10.0 Å². The van der Waals surface area contributed by atoms with Gasteiger partial charge in [0.1, 0.15) is 0 Å². The minimum absolute atomic E-state index is 0. The molecule has 0 fully saturated rings. The number of carboxylic acid groups (broad SMARTS) is 1. The van der Waals surface area contributed by atoms with Crippen molar-refractivity contribution in [3.05, 3.63) is 0 Å². The molecule has 0 unspecified atom stereocenters. The van der Waals surface area contributed by atoms with E-state index >= 15 is 0 Å². The molecule has 0 aromatic rings. The van der Waals surface area contributed by atoms with Gasteiger partial charge in [-0.3, -0.25) is 14.8 Å². The molecule has 0 atom stereocenters. The molecule has 11 heavy (non-hydrogen) atoms. The molecule has 0 saturated heterocycles. The summed E-state index contributed by atoms with van der Waals surface area (Å²) in [6, 6.07) is 0. The Bertz CT molecular complexity index is 80.3. The number of rotatable bonds is 0. The average molecular weight is 212 g/mol. The molecule has 3 nitrogen and oxygen atoms in total. The van der Waals surface area contributed by atoms with E-state index in [0.717, 1.165) is 6.92 Å². The zero-order chi connectivity index (χ0) is 8.08. The number of aliphatic carboxylic acids is 1. The summed E-state index contributed by atoms with van der Waals surface area (Å²) in [5, 5.41) is 7.42.